The Bertz CT molecular complexity index is 320. The van der Waals surface area contributed by atoms with Crippen LogP contribution in [-0.2, 0) is 11.2 Å². The van der Waals surface area contributed by atoms with E-state index in [4.69, 9.17) is 0 Å². The average Bonchev–Trinajstić information content (AvgIpc) is 2.67. The molecule has 1 N–H and O–H groups in total. The molecule has 0 spiro atoms. The van der Waals surface area contributed by atoms with Crippen LogP contribution in [0, 0.1) is 0 Å². The number of nitrogens with zero attached hydrogens (tertiary/aromatic N) is 1. The molecule has 14 heavy (non-hydrogen) atoms. The number of hydrogen-bond acceptors (Lipinski definition) is 2. The third-order valence-electron chi connectivity index (χ3n) is 2.96. The fraction of sp³-hybridized carbons (Fsp3) is 0.636. The van der Waals surface area contributed by atoms with E-state index in [-0.39, 0.29) is 0 Å². The van der Waals surface area contributed by atoms with Crippen LogP contribution in [0.25, 0.3) is 0 Å². The second kappa shape index (κ2) is 3.95. The van der Waals surface area contributed by atoms with E-state index in [1.165, 1.54) is 5.69 Å². The Kier molecular flexibility index (Phi) is 2.66. The van der Waals surface area contributed by atoms with Crippen LogP contribution in [0.1, 0.15) is 50.0 Å². The highest BCUT2D eigenvalue weighted by Gasteiger charge is 2.22. The summed E-state index contributed by atoms with van der Waals surface area (Å²) in [6, 6.07) is 0. The summed E-state index contributed by atoms with van der Waals surface area (Å²) in [5.41, 5.74) is 1.19. The largest absolute Gasteiger partial charge is 0.346 e. The van der Waals surface area contributed by atoms with E-state index in [0.29, 0.717) is 11.7 Å². The zero-order valence-corrected chi connectivity index (χ0v) is 8.55. The molecule has 1 saturated carbocycles. The first-order valence-corrected chi connectivity index (χ1v) is 5.35. The number of rotatable bonds is 2. The molecule has 2 rings (SSSR count). The molecule has 0 bridgehead atoms. The normalized spacial score (nSPS) is 18.8. The van der Waals surface area contributed by atoms with E-state index in [1.54, 1.807) is 0 Å². The number of hydrogen-bond donors (Lipinski definition) is 1. The quantitative estimate of drug-likeness (QED) is 0.780. The Morgan fingerprint density at radius 3 is 2.79 bits per heavy atom. The molecular weight excluding hydrogens is 176 g/mol. The van der Waals surface area contributed by atoms with E-state index in [1.807, 2.05) is 6.20 Å². The summed E-state index contributed by atoms with van der Waals surface area (Å²) < 4.78 is 0. The fourth-order valence-electron chi connectivity index (χ4n) is 1.98. The van der Waals surface area contributed by atoms with Crippen molar-refractivity contribution in [1.82, 2.24) is 9.97 Å². The maximum Gasteiger partial charge on any atom is 0.132 e. The molecule has 1 heterocycles. The van der Waals surface area contributed by atoms with Crippen molar-refractivity contribution in [2.24, 2.45) is 0 Å². The fourth-order valence-corrected chi connectivity index (χ4v) is 1.98. The van der Waals surface area contributed by atoms with E-state index >= 15 is 0 Å². The van der Waals surface area contributed by atoms with Gasteiger partial charge in [0.15, 0.2) is 0 Å². The first-order chi connectivity index (χ1) is 6.79. The molecule has 1 aromatic heterocycles. The van der Waals surface area contributed by atoms with Crippen LogP contribution in [0.5, 0.6) is 0 Å². The van der Waals surface area contributed by atoms with Gasteiger partial charge in [-0.1, -0.05) is 6.92 Å². The monoisotopic (exact) mass is 192 g/mol. The van der Waals surface area contributed by atoms with Crippen LogP contribution in [0.3, 0.4) is 0 Å². The van der Waals surface area contributed by atoms with Gasteiger partial charge in [0, 0.05) is 30.7 Å². The number of aryl methyl sites for hydroxylation is 1. The standard InChI is InChI=1S/C11H16N2O/c1-2-9-7-12-11(13-9)8-3-5-10(14)6-4-8/h7-8H,2-6H2,1H3,(H,12,13). The molecule has 3 heteroatoms. The van der Waals surface area contributed by atoms with Gasteiger partial charge >= 0.3 is 0 Å². The highest BCUT2D eigenvalue weighted by atomic mass is 16.1. The van der Waals surface area contributed by atoms with Crippen molar-refractivity contribution in [3.63, 3.8) is 0 Å². The lowest BCUT2D eigenvalue weighted by atomic mass is 9.88. The summed E-state index contributed by atoms with van der Waals surface area (Å²) in [6.07, 6.45) is 6.30. The molecule has 76 valence electrons. The van der Waals surface area contributed by atoms with Gasteiger partial charge in [-0.15, -0.1) is 0 Å². The van der Waals surface area contributed by atoms with E-state index in [2.05, 4.69) is 16.9 Å². The Labute approximate surface area is 83.9 Å². The molecule has 1 fully saturated rings. The van der Waals surface area contributed by atoms with Crippen LogP contribution in [0.4, 0.5) is 0 Å². The minimum atomic E-state index is 0.406. The summed E-state index contributed by atoms with van der Waals surface area (Å²) in [5, 5.41) is 0. The zero-order chi connectivity index (χ0) is 9.97. The number of imidazole rings is 1. The molecule has 0 saturated heterocycles. The zero-order valence-electron chi connectivity index (χ0n) is 8.55. The smallest absolute Gasteiger partial charge is 0.132 e. The Morgan fingerprint density at radius 1 is 1.50 bits per heavy atom. The van der Waals surface area contributed by atoms with Crippen molar-refractivity contribution < 1.29 is 4.79 Å². The highest BCUT2D eigenvalue weighted by molar-refractivity contribution is 5.79. The lowest BCUT2D eigenvalue weighted by Gasteiger charge is -2.18. The summed E-state index contributed by atoms with van der Waals surface area (Å²) in [4.78, 5) is 18.8. The SMILES string of the molecule is CCc1cnc(C2CCC(=O)CC2)[nH]1. The van der Waals surface area contributed by atoms with Crippen molar-refractivity contribution in [2.45, 2.75) is 44.9 Å². The molecule has 1 aliphatic carbocycles. The van der Waals surface area contributed by atoms with Gasteiger partial charge in [-0.3, -0.25) is 4.79 Å². The van der Waals surface area contributed by atoms with E-state index in [9.17, 15) is 4.79 Å². The molecule has 0 aromatic carbocycles. The molecule has 0 unspecified atom stereocenters. The van der Waals surface area contributed by atoms with Crippen LogP contribution in [-0.4, -0.2) is 15.8 Å². The second-order valence-corrected chi connectivity index (χ2v) is 3.96. The third-order valence-corrected chi connectivity index (χ3v) is 2.96. The number of carbonyl (C=O) groups excluding carboxylic acids is 1. The number of carbonyl (C=O) groups is 1. The average molecular weight is 192 g/mol. The van der Waals surface area contributed by atoms with Crippen LogP contribution >= 0.6 is 0 Å². The van der Waals surface area contributed by atoms with Crippen LogP contribution < -0.4 is 0 Å². The summed E-state index contributed by atoms with van der Waals surface area (Å²) in [7, 11) is 0. The second-order valence-electron chi connectivity index (χ2n) is 3.96. The third kappa shape index (κ3) is 1.86. The number of Topliss-reactive ketones (excluding diaryl/α,β-unsaturated/α-hetero) is 1. The number of H-pyrrole nitrogens is 1. The van der Waals surface area contributed by atoms with Crippen molar-refractivity contribution in [3.05, 3.63) is 17.7 Å². The predicted octanol–water partition coefficient (Wildman–Crippen LogP) is 2.20. The van der Waals surface area contributed by atoms with Crippen molar-refractivity contribution in [3.8, 4) is 0 Å². The van der Waals surface area contributed by atoms with Gasteiger partial charge < -0.3 is 4.98 Å². The van der Waals surface area contributed by atoms with E-state index < -0.39 is 0 Å². The Morgan fingerprint density at radius 2 is 2.21 bits per heavy atom. The van der Waals surface area contributed by atoms with Crippen molar-refractivity contribution >= 4 is 5.78 Å². The molecule has 0 atom stereocenters. The first-order valence-electron chi connectivity index (χ1n) is 5.35. The predicted molar refractivity (Wildman–Crippen MR) is 54.2 cm³/mol. The molecule has 1 aromatic rings. The van der Waals surface area contributed by atoms with Gasteiger partial charge in [0.25, 0.3) is 0 Å². The van der Waals surface area contributed by atoms with Crippen molar-refractivity contribution in [1.29, 1.82) is 0 Å². The lowest BCUT2D eigenvalue weighted by molar-refractivity contribution is -0.120. The first kappa shape index (κ1) is 9.44. The molecule has 0 aliphatic heterocycles. The van der Waals surface area contributed by atoms with Gasteiger partial charge in [-0.05, 0) is 19.3 Å². The van der Waals surface area contributed by atoms with E-state index in [0.717, 1.165) is 37.9 Å². The minimum Gasteiger partial charge on any atom is -0.346 e. The summed E-state index contributed by atoms with van der Waals surface area (Å²) in [5.74, 6) is 1.96. The van der Waals surface area contributed by atoms with Gasteiger partial charge in [0.1, 0.15) is 11.6 Å². The maximum atomic E-state index is 11.1. The van der Waals surface area contributed by atoms with Crippen LogP contribution in [0.15, 0.2) is 6.20 Å². The number of ketones is 1. The molecule has 0 amide bonds. The minimum absolute atomic E-state index is 0.406. The number of aromatic amines is 1. The molecule has 1 aliphatic rings. The maximum absolute atomic E-state index is 11.1. The van der Waals surface area contributed by atoms with Gasteiger partial charge in [0.2, 0.25) is 0 Å². The van der Waals surface area contributed by atoms with Gasteiger partial charge in [-0.2, -0.15) is 0 Å². The molecule has 0 radical (unpaired) electrons. The molecular formula is C11H16N2O. The Balaban J connectivity index is 2.04. The summed E-state index contributed by atoms with van der Waals surface area (Å²) >= 11 is 0. The molecule has 3 nitrogen and oxygen atoms in total. The highest BCUT2D eigenvalue weighted by Crippen LogP contribution is 2.29. The lowest BCUT2D eigenvalue weighted by Crippen LogP contribution is -2.13. The Hall–Kier alpha value is -1.12. The number of aromatic nitrogens is 2. The number of nitrogens with one attached hydrogen (secondary N) is 1. The van der Waals surface area contributed by atoms with Gasteiger partial charge in [0.05, 0.1) is 0 Å². The summed E-state index contributed by atoms with van der Waals surface area (Å²) in [6.45, 7) is 2.11. The van der Waals surface area contributed by atoms with Crippen LogP contribution in [0.2, 0.25) is 0 Å². The topological polar surface area (TPSA) is 45.8 Å². The van der Waals surface area contributed by atoms with Crippen molar-refractivity contribution in [2.75, 3.05) is 0 Å². The van der Waals surface area contributed by atoms with Gasteiger partial charge in [-0.25, -0.2) is 4.98 Å².